The van der Waals surface area contributed by atoms with Gasteiger partial charge >= 0.3 is 0 Å². The van der Waals surface area contributed by atoms with Crippen LogP contribution in [0.3, 0.4) is 0 Å². The van der Waals surface area contributed by atoms with Crippen molar-refractivity contribution in [2.75, 3.05) is 0 Å². The van der Waals surface area contributed by atoms with Crippen molar-refractivity contribution >= 4 is 17.1 Å². The van der Waals surface area contributed by atoms with Gasteiger partial charge in [0, 0.05) is 17.3 Å². The molecule has 0 N–H and O–H groups in total. The van der Waals surface area contributed by atoms with Crippen molar-refractivity contribution < 1.29 is 4.79 Å². The van der Waals surface area contributed by atoms with Gasteiger partial charge in [-0.3, -0.25) is 4.79 Å². The minimum Gasteiger partial charge on any atom is -0.291 e. The number of rotatable bonds is 6. The van der Waals surface area contributed by atoms with Crippen LogP contribution in [0.5, 0.6) is 0 Å². The fourth-order valence-corrected chi connectivity index (χ4v) is 2.77. The summed E-state index contributed by atoms with van der Waals surface area (Å²) in [4.78, 5) is 24.6. The Kier molecular flexibility index (Phi) is 4.65. The molecule has 2 aromatic heterocycles. The van der Waals surface area contributed by atoms with E-state index in [2.05, 4.69) is 27.1 Å². The summed E-state index contributed by atoms with van der Waals surface area (Å²) in [6.07, 6.45) is 5.21. The number of benzene rings is 1. The largest absolute Gasteiger partial charge is 0.291 e. The van der Waals surface area contributed by atoms with Crippen LogP contribution in [0, 0.1) is 0 Å². The van der Waals surface area contributed by atoms with Gasteiger partial charge in [0.15, 0.2) is 10.8 Å². The van der Waals surface area contributed by atoms with E-state index >= 15 is 0 Å². The molecule has 0 saturated heterocycles. The lowest BCUT2D eigenvalue weighted by molar-refractivity contribution is 0.0991. The first kappa shape index (κ1) is 14.5. The van der Waals surface area contributed by atoms with Gasteiger partial charge in [0.2, 0.25) is 0 Å². The first-order valence-corrected chi connectivity index (χ1v) is 7.95. The maximum absolute atomic E-state index is 12.1. The highest BCUT2D eigenvalue weighted by molar-refractivity contribution is 7.11. The molecule has 3 aromatic rings. The van der Waals surface area contributed by atoms with Crippen LogP contribution in [0.25, 0.3) is 0 Å². The summed E-state index contributed by atoms with van der Waals surface area (Å²) < 4.78 is 0. The number of ketones is 1. The van der Waals surface area contributed by atoms with Gasteiger partial charge in [-0.25, -0.2) is 15.0 Å². The highest BCUT2D eigenvalue weighted by atomic mass is 32.1. The molecule has 0 aliphatic heterocycles. The summed E-state index contributed by atoms with van der Waals surface area (Å²) in [6.45, 7) is 0. The molecule has 22 heavy (non-hydrogen) atoms. The van der Waals surface area contributed by atoms with Crippen LogP contribution in [0.1, 0.15) is 26.8 Å². The SMILES string of the molecule is O=C(Cc1cc(CCc2ccccc2)ncn1)c1nccs1. The van der Waals surface area contributed by atoms with Crippen LogP contribution >= 0.6 is 11.3 Å². The zero-order chi connectivity index (χ0) is 15.2. The molecule has 3 rings (SSSR count). The van der Waals surface area contributed by atoms with Gasteiger partial charge in [-0.15, -0.1) is 11.3 Å². The number of hydrogen-bond donors (Lipinski definition) is 0. The summed E-state index contributed by atoms with van der Waals surface area (Å²) in [5.41, 5.74) is 2.99. The van der Waals surface area contributed by atoms with Gasteiger partial charge in [0.1, 0.15) is 6.33 Å². The molecular weight excluding hydrogens is 294 g/mol. The number of aromatic nitrogens is 3. The van der Waals surface area contributed by atoms with Crippen LogP contribution < -0.4 is 0 Å². The Morgan fingerprint density at radius 1 is 1.00 bits per heavy atom. The molecule has 0 spiro atoms. The average molecular weight is 309 g/mol. The maximum atomic E-state index is 12.1. The fourth-order valence-electron chi connectivity index (χ4n) is 2.20. The summed E-state index contributed by atoms with van der Waals surface area (Å²) in [5.74, 6) is 0.00251. The molecule has 110 valence electrons. The van der Waals surface area contributed by atoms with Crippen molar-refractivity contribution in [1.82, 2.24) is 15.0 Å². The predicted molar refractivity (Wildman–Crippen MR) is 86.0 cm³/mol. The lowest BCUT2D eigenvalue weighted by Gasteiger charge is -2.03. The average Bonchev–Trinajstić information content (AvgIpc) is 3.09. The third-order valence-electron chi connectivity index (χ3n) is 3.31. The first-order chi connectivity index (χ1) is 10.8. The lowest BCUT2D eigenvalue weighted by atomic mass is 10.1. The molecule has 5 heteroatoms. The number of Topliss-reactive ketones (excluding diaryl/α,β-unsaturated/α-hetero) is 1. The molecule has 0 atom stereocenters. The van der Waals surface area contributed by atoms with Crippen LogP contribution in [0.4, 0.5) is 0 Å². The van der Waals surface area contributed by atoms with Crippen molar-refractivity contribution in [3.8, 4) is 0 Å². The van der Waals surface area contributed by atoms with Crippen LogP contribution in [0.15, 0.2) is 54.3 Å². The number of thiazole rings is 1. The minimum absolute atomic E-state index is 0.00251. The van der Waals surface area contributed by atoms with Gasteiger partial charge in [-0.05, 0) is 24.5 Å². The van der Waals surface area contributed by atoms with E-state index in [4.69, 9.17) is 0 Å². The Labute approximate surface area is 132 Å². The quantitative estimate of drug-likeness (QED) is 0.656. The summed E-state index contributed by atoms with van der Waals surface area (Å²) in [6, 6.07) is 12.2. The number of nitrogens with zero attached hydrogens (tertiary/aromatic N) is 3. The Balaban J connectivity index is 1.64. The molecule has 1 aromatic carbocycles. The van der Waals surface area contributed by atoms with Crippen molar-refractivity contribution in [2.24, 2.45) is 0 Å². The van der Waals surface area contributed by atoms with Crippen molar-refractivity contribution in [3.63, 3.8) is 0 Å². The molecule has 0 radical (unpaired) electrons. The van der Waals surface area contributed by atoms with E-state index in [9.17, 15) is 4.79 Å². The van der Waals surface area contributed by atoms with E-state index in [0.29, 0.717) is 5.01 Å². The van der Waals surface area contributed by atoms with Gasteiger partial charge < -0.3 is 0 Å². The molecular formula is C17H15N3OS. The maximum Gasteiger partial charge on any atom is 0.197 e. The molecule has 0 saturated carbocycles. The normalized spacial score (nSPS) is 10.5. The van der Waals surface area contributed by atoms with Gasteiger partial charge in [-0.1, -0.05) is 30.3 Å². The second-order valence-corrected chi connectivity index (χ2v) is 5.82. The van der Waals surface area contributed by atoms with Crippen molar-refractivity contribution in [2.45, 2.75) is 19.3 Å². The Morgan fingerprint density at radius 2 is 1.82 bits per heavy atom. The molecule has 0 aliphatic carbocycles. The number of aryl methyl sites for hydroxylation is 2. The highest BCUT2D eigenvalue weighted by Gasteiger charge is 2.11. The minimum atomic E-state index is 0.00251. The van der Waals surface area contributed by atoms with E-state index in [-0.39, 0.29) is 12.2 Å². The van der Waals surface area contributed by atoms with Gasteiger partial charge in [0.25, 0.3) is 0 Å². The molecule has 0 fully saturated rings. The monoisotopic (exact) mass is 309 g/mol. The van der Waals surface area contributed by atoms with E-state index in [1.807, 2.05) is 24.3 Å². The zero-order valence-corrected chi connectivity index (χ0v) is 12.8. The van der Waals surface area contributed by atoms with Crippen molar-refractivity contribution in [3.05, 3.63) is 76.3 Å². The van der Waals surface area contributed by atoms with E-state index in [1.165, 1.54) is 23.2 Å². The van der Waals surface area contributed by atoms with Crippen molar-refractivity contribution in [1.29, 1.82) is 0 Å². The highest BCUT2D eigenvalue weighted by Crippen LogP contribution is 2.10. The van der Waals surface area contributed by atoms with Crippen LogP contribution in [-0.4, -0.2) is 20.7 Å². The van der Waals surface area contributed by atoms with E-state index in [1.54, 1.807) is 11.6 Å². The molecule has 0 aliphatic rings. The van der Waals surface area contributed by atoms with Crippen LogP contribution in [0.2, 0.25) is 0 Å². The number of carbonyl (C=O) groups is 1. The summed E-state index contributed by atoms with van der Waals surface area (Å²) >= 11 is 1.36. The summed E-state index contributed by atoms with van der Waals surface area (Å²) in [7, 11) is 0. The first-order valence-electron chi connectivity index (χ1n) is 7.07. The standard InChI is InChI=1S/C17H15N3OS/c21-16(17-18-8-9-22-17)11-15-10-14(19-12-20-15)7-6-13-4-2-1-3-5-13/h1-5,8-10,12H,6-7,11H2. The molecule has 0 amide bonds. The topological polar surface area (TPSA) is 55.7 Å². The molecule has 0 bridgehead atoms. The van der Waals surface area contributed by atoms with E-state index < -0.39 is 0 Å². The van der Waals surface area contributed by atoms with Gasteiger partial charge in [-0.2, -0.15) is 0 Å². The second kappa shape index (κ2) is 7.04. The fraction of sp³-hybridized carbons (Fsp3) is 0.176. The van der Waals surface area contributed by atoms with E-state index in [0.717, 1.165) is 24.2 Å². The Morgan fingerprint density at radius 3 is 2.59 bits per heavy atom. The molecule has 0 unspecified atom stereocenters. The second-order valence-electron chi connectivity index (χ2n) is 4.92. The Hall–Kier alpha value is -2.40. The van der Waals surface area contributed by atoms with Gasteiger partial charge in [0.05, 0.1) is 12.1 Å². The third-order valence-corrected chi connectivity index (χ3v) is 4.12. The Bertz CT molecular complexity index is 742. The zero-order valence-electron chi connectivity index (χ0n) is 12.0. The third kappa shape index (κ3) is 3.83. The smallest absolute Gasteiger partial charge is 0.197 e. The lowest BCUT2D eigenvalue weighted by Crippen LogP contribution is -2.06. The molecule has 2 heterocycles. The number of carbonyl (C=O) groups excluding carboxylic acids is 1. The molecule has 4 nitrogen and oxygen atoms in total. The predicted octanol–water partition coefficient (Wildman–Crippen LogP) is 3.14. The number of hydrogen-bond acceptors (Lipinski definition) is 5. The summed E-state index contributed by atoms with van der Waals surface area (Å²) in [5, 5.41) is 2.34. The van der Waals surface area contributed by atoms with Crippen LogP contribution in [-0.2, 0) is 19.3 Å².